The van der Waals surface area contributed by atoms with E-state index in [4.69, 9.17) is 19.4 Å². The molecule has 11 nitrogen and oxygen atoms in total. The molecule has 0 bridgehead atoms. The van der Waals surface area contributed by atoms with E-state index in [1.807, 2.05) is 12.3 Å². The maximum atomic E-state index is 12.5. The van der Waals surface area contributed by atoms with Gasteiger partial charge in [0.2, 0.25) is 5.91 Å². The Morgan fingerprint density at radius 3 is 2.85 bits per heavy atom. The first-order valence-corrected chi connectivity index (χ1v) is 13.5. The summed E-state index contributed by atoms with van der Waals surface area (Å²) in [6.45, 7) is 8.19. The van der Waals surface area contributed by atoms with Crippen molar-refractivity contribution < 1.29 is 14.3 Å². The number of ether oxygens (including phenoxy) is 2. The smallest absolute Gasteiger partial charge is 0.318 e. The van der Waals surface area contributed by atoms with Crippen molar-refractivity contribution in [2.24, 2.45) is 0 Å². The maximum absolute atomic E-state index is 12.5. The fourth-order valence-corrected chi connectivity index (χ4v) is 5.80. The summed E-state index contributed by atoms with van der Waals surface area (Å²) in [5.74, 6) is 1.46. The second-order valence-corrected chi connectivity index (χ2v) is 10.3. The lowest BCUT2D eigenvalue weighted by atomic mass is 10.0. The van der Waals surface area contributed by atoms with Crippen molar-refractivity contribution in [3.63, 3.8) is 0 Å². The minimum atomic E-state index is -0.240. The summed E-state index contributed by atoms with van der Waals surface area (Å²) in [4.78, 5) is 35.0. The minimum Gasteiger partial charge on any atom is -0.494 e. The molecule has 39 heavy (non-hydrogen) atoms. The van der Waals surface area contributed by atoms with E-state index in [9.17, 15) is 10.1 Å². The van der Waals surface area contributed by atoms with Gasteiger partial charge in [-0.2, -0.15) is 15.2 Å². The number of carbonyl (C=O) groups is 1. The summed E-state index contributed by atoms with van der Waals surface area (Å²) in [5, 5.41) is 9.46. The van der Waals surface area contributed by atoms with E-state index >= 15 is 0 Å². The molecule has 1 amide bonds. The lowest BCUT2D eigenvalue weighted by molar-refractivity contribution is -0.128. The zero-order valence-electron chi connectivity index (χ0n) is 22.8. The summed E-state index contributed by atoms with van der Waals surface area (Å²) >= 11 is 0. The third kappa shape index (κ3) is 5.61. The van der Waals surface area contributed by atoms with Gasteiger partial charge in [0.05, 0.1) is 49.8 Å². The average Bonchev–Trinajstić information content (AvgIpc) is 3.39. The molecule has 206 valence electrons. The maximum Gasteiger partial charge on any atom is 0.318 e. The topological polar surface area (TPSA) is 111 Å². The fourth-order valence-electron chi connectivity index (χ4n) is 5.80. The lowest BCUT2D eigenvalue weighted by Gasteiger charge is -2.42. The summed E-state index contributed by atoms with van der Waals surface area (Å²) in [6.07, 6.45) is 8.11. The number of hydrogen-bond donors (Lipinski definition) is 0. The van der Waals surface area contributed by atoms with Gasteiger partial charge in [-0.1, -0.05) is 6.58 Å². The quantitative estimate of drug-likeness (QED) is 0.468. The van der Waals surface area contributed by atoms with Gasteiger partial charge in [-0.25, -0.2) is 0 Å². The van der Waals surface area contributed by atoms with Gasteiger partial charge in [0, 0.05) is 50.0 Å². The SMILES string of the molecule is C=CC(=O)N1CCN(c2nc(OC[C@@H]3CCCN3C)nc3c2CCN(c2cnccc2OC)C3)C[C@@H]1CC#N. The van der Waals surface area contributed by atoms with Gasteiger partial charge in [0.25, 0.3) is 0 Å². The zero-order chi connectivity index (χ0) is 27.4. The van der Waals surface area contributed by atoms with E-state index < -0.39 is 0 Å². The molecule has 2 fully saturated rings. The Hall–Kier alpha value is -3.91. The van der Waals surface area contributed by atoms with Crippen LogP contribution in [-0.2, 0) is 17.8 Å². The number of rotatable bonds is 8. The van der Waals surface area contributed by atoms with Crippen LogP contribution in [0.2, 0.25) is 0 Å². The first-order chi connectivity index (χ1) is 19.0. The van der Waals surface area contributed by atoms with Crippen LogP contribution in [0.25, 0.3) is 0 Å². The predicted octanol–water partition coefficient (Wildman–Crippen LogP) is 2.03. The predicted molar refractivity (Wildman–Crippen MR) is 147 cm³/mol. The van der Waals surface area contributed by atoms with Crippen molar-refractivity contribution in [3.8, 4) is 17.8 Å². The van der Waals surface area contributed by atoms with E-state index in [0.717, 1.165) is 60.9 Å². The van der Waals surface area contributed by atoms with Gasteiger partial charge < -0.3 is 29.1 Å². The second kappa shape index (κ2) is 11.9. The Labute approximate surface area is 229 Å². The molecule has 3 aliphatic rings. The number of aromatic nitrogens is 3. The molecule has 0 N–H and O–H groups in total. The van der Waals surface area contributed by atoms with E-state index in [1.165, 1.54) is 6.08 Å². The van der Waals surface area contributed by atoms with Crippen LogP contribution in [0.5, 0.6) is 11.8 Å². The number of likely N-dealkylation sites (tertiary alicyclic amines) is 1. The third-order valence-corrected chi connectivity index (χ3v) is 7.99. The standard InChI is InChI=1S/C28H36N8O3/c1-4-26(37)36-15-14-35(17-20(36)7-10-29)27-22-9-13-34(24-16-30-11-8-25(24)38-3)18-23(22)31-28(32-27)39-19-21-6-5-12-33(21)2/h4,8,11,16,20-21H,1,5-7,9,12-15,17-19H2,2-3H3/t20-,21-/m0/s1. The van der Waals surface area contributed by atoms with Crippen LogP contribution in [0.1, 0.15) is 30.5 Å². The molecule has 5 heterocycles. The van der Waals surface area contributed by atoms with E-state index in [1.54, 1.807) is 18.2 Å². The molecule has 0 saturated carbocycles. The molecule has 0 aromatic carbocycles. The number of methoxy groups -OCH3 is 1. The van der Waals surface area contributed by atoms with Gasteiger partial charge in [-0.05, 0) is 38.9 Å². The van der Waals surface area contributed by atoms with Crippen molar-refractivity contribution in [1.29, 1.82) is 5.26 Å². The van der Waals surface area contributed by atoms with Crippen molar-refractivity contribution in [3.05, 3.63) is 42.4 Å². The Morgan fingerprint density at radius 1 is 1.23 bits per heavy atom. The molecule has 5 rings (SSSR count). The van der Waals surface area contributed by atoms with Crippen molar-refractivity contribution in [2.75, 3.05) is 63.3 Å². The zero-order valence-corrected chi connectivity index (χ0v) is 22.8. The first-order valence-electron chi connectivity index (χ1n) is 13.5. The Balaban J connectivity index is 1.45. The molecular weight excluding hydrogens is 496 g/mol. The normalized spacial score (nSPS) is 21.3. The molecule has 11 heteroatoms. The summed E-state index contributed by atoms with van der Waals surface area (Å²) < 4.78 is 11.8. The Kier molecular flexibility index (Phi) is 8.12. The number of likely N-dealkylation sites (N-methyl/N-ethyl adjacent to an activating group) is 1. The summed E-state index contributed by atoms with van der Waals surface area (Å²) in [5.41, 5.74) is 2.92. The molecule has 0 aliphatic carbocycles. The number of anilines is 2. The molecule has 0 radical (unpaired) electrons. The van der Waals surface area contributed by atoms with Gasteiger partial charge in [0.1, 0.15) is 18.2 Å². The van der Waals surface area contributed by atoms with Crippen LogP contribution < -0.4 is 19.3 Å². The van der Waals surface area contributed by atoms with E-state index in [2.05, 4.69) is 39.4 Å². The molecule has 0 spiro atoms. The minimum absolute atomic E-state index is 0.148. The molecular formula is C28H36N8O3. The third-order valence-electron chi connectivity index (χ3n) is 7.99. The van der Waals surface area contributed by atoms with Crippen molar-refractivity contribution >= 4 is 17.4 Å². The molecule has 2 aromatic rings. The molecule has 2 saturated heterocycles. The van der Waals surface area contributed by atoms with Gasteiger partial charge >= 0.3 is 6.01 Å². The van der Waals surface area contributed by atoms with Crippen molar-refractivity contribution in [1.82, 2.24) is 24.8 Å². The van der Waals surface area contributed by atoms with Gasteiger partial charge in [-0.15, -0.1) is 0 Å². The Bertz CT molecular complexity index is 1250. The van der Waals surface area contributed by atoms with Crippen LogP contribution in [0.3, 0.4) is 0 Å². The van der Waals surface area contributed by atoms with Crippen LogP contribution >= 0.6 is 0 Å². The summed E-state index contributed by atoms with van der Waals surface area (Å²) in [7, 11) is 3.79. The lowest BCUT2D eigenvalue weighted by Crippen LogP contribution is -2.55. The fraction of sp³-hybridized carbons (Fsp3) is 0.536. The summed E-state index contributed by atoms with van der Waals surface area (Å²) in [6, 6.07) is 4.58. The number of piperazine rings is 1. The van der Waals surface area contributed by atoms with Crippen LogP contribution in [0.4, 0.5) is 11.5 Å². The number of fused-ring (bicyclic) bond motifs is 1. The highest BCUT2D eigenvalue weighted by atomic mass is 16.5. The van der Waals surface area contributed by atoms with Gasteiger partial charge in [-0.3, -0.25) is 9.78 Å². The average molecular weight is 533 g/mol. The molecule has 3 aliphatic heterocycles. The van der Waals surface area contributed by atoms with Crippen molar-refractivity contribution in [2.45, 2.75) is 44.3 Å². The number of hydrogen-bond acceptors (Lipinski definition) is 10. The van der Waals surface area contributed by atoms with E-state index in [-0.39, 0.29) is 18.4 Å². The van der Waals surface area contributed by atoms with E-state index in [0.29, 0.717) is 44.8 Å². The number of carbonyl (C=O) groups excluding carboxylic acids is 1. The molecule has 2 aromatic heterocycles. The largest absolute Gasteiger partial charge is 0.494 e. The highest BCUT2D eigenvalue weighted by Gasteiger charge is 2.33. The van der Waals surface area contributed by atoms with Crippen LogP contribution in [0, 0.1) is 11.3 Å². The Morgan fingerprint density at radius 2 is 2.10 bits per heavy atom. The molecule has 2 atom stereocenters. The number of pyridine rings is 1. The second-order valence-electron chi connectivity index (χ2n) is 10.3. The number of nitriles is 1. The monoisotopic (exact) mass is 532 g/mol. The van der Waals surface area contributed by atoms with Crippen LogP contribution in [0.15, 0.2) is 31.1 Å². The number of amides is 1. The highest BCUT2D eigenvalue weighted by Crippen LogP contribution is 2.35. The molecule has 0 unspecified atom stereocenters. The van der Waals surface area contributed by atoms with Gasteiger partial charge in [0.15, 0.2) is 0 Å². The van der Waals surface area contributed by atoms with Crippen LogP contribution in [-0.4, -0.2) is 96.2 Å². The number of nitrogens with zero attached hydrogens (tertiary/aromatic N) is 8. The highest BCUT2D eigenvalue weighted by molar-refractivity contribution is 5.87. The first kappa shape index (κ1) is 26.7.